The van der Waals surface area contributed by atoms with Gasteiger partial charge >= 0.3 is 5.69 Å². The number of carbonyl (C=O) groups is 1. The zero-order valence-electron chi connectivity index (χ0n) is 40.2. The van der Waals surface area contributed by atoms with Gasteiger partial charge in [-0.15, -0.1) is 0 Å². The van der Waals surface area contributed by atoms with Gasteiger partial charge in [0, 0.05) is 23.8 Å². The maximum Gasteiger partial charge on any atom is 0.351 e. The second-order valence-electron chi connectivity index (χ2n) is 17.3. The molecule has 8 rings (SSSR count). The van der Waals surface area contributed by atoms with Gasteiger partial charge in [0.15, 0.2) is 24.8 Å². The second kappa shape index (κ2) is 22.0. The Morgan fingerprint density at radius 2 is 1.51 bits per heavy atom. The number of carbonyl (C=O) groups excluding carboxylic acids is 1. The second-order valence-corrected chi connectivity index (χ2v) is 18.7. The van der Waals surface area contributed by atoms with Crippen molar-refractivity contribution in [1.29, 1.82) is 5.26 Å². The van der Waals surface area contributed by atoms with Crippen LogP contribution in [0.2, 0.25) is 0 Å². The van der Waals surface area contributed by atoms with Gasteiger partial charge in [0.05, 0.1) is 46.5 Å². The van der Waals surface area contributed by atoms with Gasteiger partial charge in [0.25, 0.3) is 14.4 Å². The molecule has 2 fully saturated rings. The predicted octanol–water partition coefficient (Wildman–Crippen LogP) is 7.31. The highest BCUT2D eigenvalue weighted by Crippen LogP contribution is 2.55. The van der Waals surface area contributed by atoms with E-state index >= 15 is 0 Å². The first kappa shape index (κ1) is 49.9. The molecule has 19 heteroatoms. The van der Waals surface area contributed by atoms with Crippen molar-refractivity contribution in [1.82, 2.24) is 34.0 Å². The standard InChI is InChI=1S/C51H57N8O10P/c1-35(2)59(36(3)4)70(66-28-14-27-52)69-46-45-48(56-29-37(5)47(55-49(56)61)57-34-53-33-54-57)67-50(46,31-58(68-45)44(60)30-64-43-17-12-9-13-18-43)32-65-51(38-15-10-8-11-16-38,39-19-23-41(62-6)24-20-39)40-21-25-42(63-7)26-22-40/h8-13,15-26,29,33-36,45-46,48H,14,28,30-32H2,1-7H3/t45-,46+,48-,50-,70?/m1/s1. The van der Waals surface area contributed by atoms with Gasteiger partial charge in [0.1, 0.15) is 47.2 Å². The normalized spacial score (nSPS) is 19.3. The van der Waals surface area contributed by atoms with Gasteiger partial charge < -0.3 is 32.7 Å². The fraction of sp³-hybridized carbons (Fsp3) is 0.373. The van der Waals surface area contributed by atoms with Gasteiger partial charge in [-0.3, -0.25) is 14.2 Å². The summed E-state index contributed by atoms with van der Waals surface area (Å²) < 4.78 is 50.7. The number of hydrogen-bond acceptors (Lipinski definition) is 15. The van der Waals surface area contributed by atoms with Crippen molar-refractivity contribution >= 4 is 14.4 Å². The largest absolute Gasteiger partial charge is 0.497 e. The number of fused-ring (bicyclic) bond motifs is 2. The van der Waals surface area contributed by atoms with Crippen LogP contribution in [0.4, 0.5) is 0 Å². The minimum atomic E-state index is -1.97. The van der Waals surface area contributed by atoms with Crippen LogP contribution in [0.5, 0.6) is 17.2 Å². The van der Waals surface area contributed by atoms with Crippen LogP contribution < -0.4 is 19.9 Å². The molecule has 1 amide bonds. The molecule has 70 heavy (non-hydrogen) atoms. The number of nitrogens with zero attached hydrogens (tertiary/aromatic N) is 8. The molecule has 2 aromatic heterocycles. The molecule has 4 aromatic carbocycles. The summed E-state index contributed by atoms with van der Waals surface area (Å²) in [6.45, 7) is 9.10. The molecule has 2 aliphatic heterocycles. The van der Waals surface area contributed by atoms with Crippen molar-refractivity contribution in [2.45, 2.75) is 82.8 Å². The number of hydroxylamine groups is 2. The van der Waals surface area contributed by atoms with Crippen molar-refractivity contribution in [2.75, 3.05) is 40.6 Å². The topological polar surface area (TPSA) is 187 Å². The highest BCUT2D eigenvalue weighted by Gasteiger charge is 2.65. The van der Waals surface area contributed by atoms with Crippen molar-refractivity contribution in [3.63, 3.8) is 0 Å². The van der Waals surface area contributed by atoms with Gasteiger partial charge in [0.2, 0.25) is 0 Å². The van der Waals surface area contributed by atoms with E-state index in [4.69, 9.17) is 37.6 Å². The molecule has 4 heterocycles. The van der Waals surface area contributed by atoms with Gasteiger partial charge in [-0.05, 0) is 87.7 Å². The van der Waals surface area contributed by atoms with Crippen LogP contribution in [0.1, 0.15) is 62.6 Å². The number of para-hydroxylation sites is 1. The molecule has 18 nitrogen and oxygen atoms in total. The van der Waals surface area contributed by atoms with E-state index in [1.807, 2.05) is 125 Å². The number of hydrogen-bond donors (Lipinski definition) is 0. The zero-order valence-corrected chi connectivity index (χ0v) is 41.0. The van der Waals surface area contributed by atoms with Crippen molar-refractivity contribution in [2.24, 2.45) is 0 Å². The third kappa shape index (κ3) is 10.3. The number of amides is 1. The molecule has 2 aliphatic rings. The molecule has 0 saturated carbocycles. The fourth-order valence-electron chi connectivity index (χ4n) is 8.89. The average Bonchev–Trinajstić information content (AvgIpc) is 3.97. The van der Waals surface area contributed by atoms with Crippen LogP contribution in [-0.4, -0.2) is 110 Å². The Balaban J connectivity index is 1.32. The quantitative estimate of drug-likeness (QED) is 0.0397. The maximum absolute atomic E-state index is 14.5. The average molecular weight is 973 g/mol. The van der Waals surface area contributed by atoms with E-state index in [0.717, 1.165) is 16.7 Å². The lowest BCUT2D eigenvalue weighted by atomic mass is 9.79. The Labute approximate surface area is 408 Å². The molecule has 2 bridgehead atoms. The molecule has 0 aliphatic carbocycles. The number of aromatic nitrogens is 5. The monoisotopic (exact) mass is 972 g/mol. The third-order valence-corrected chi connectivity index (χ3v) is 14.2. The predicted molar refractivity (Wildman–Crippen MR) is 258 cm³/mol. The van der Waals surface area contributed by atoms with E-state index in [1.54, 1.807) is 39.5 Å². The summed E-state index contributed by atoms with van der Waals surface area (Å²) in [6.07, 6.45) is 0.981. The van der Waals surface area contributed by atoms with E-state index < -0.39 is 49.8 Å². The first-order chi connectivity index (χ1) is 33.9. The Morgan fingerprint density at radius 3 is 2.09 bits per heavy atom. The molecule has 366 valence electrons. The highest BCUT2D eigenvalue weighted by molar-refractivity contribution is 7.44. The molecule has 0 N–H and O–H groups in total. The minimum absolute atomic E-state index is 0.0734. The number of benzene rings is 4. The molecular formula is C51H57N8O10P. The third-order valence-electron chi connectivity index (χ3n) is 12.1. The molecule has 2 saturated heterocycles. The molecule has 0 spiro atoms. The highest BCUT2D eigenvalue weighted by atomic mass is 31.2. The zero-order chi connectivity index (χ0) is 49.4. The number of ether oxygens (including phenoxy) is 5. The van der Waals surface area contributed by atoms with Crippen molar-refractivity contribution < 1.29 is 42.4 Å². The van der Waals surface area contributed by atoms with Crippen molar-refractivity contribution in [3.05, 3.63) is 161 Å². The lowest BCUT2D eigenvalue weighted by Gasteiger charge is -2.46. The molecule has 1 unspecified atom stereocenters. The number of rotatable bonds is 21. The Hall–Kier alpha value is -6.55. The van der Waals surface area contributed by atoms with E-state index in [1.165, 1.54) is 27.0 Å². The lowest BCUT2D eigenvalue weighted by molar-refractivity contribution is -0.261. The molecule has 0 radical (unpaired) electrons. The maximum atomic E-state index is 14.5. The smallest absolute Gasteiger partial charge is 0.351 e. The van der Waals surface area contributed by atoms with Crippen LogP contribution in [0.15, 0.2) is 133 Å². The summed E-state index contributed by atoms with van der Waals surface area (Å²) in [5, 5.41) is 15.0. The van der Waals surface area contributed by atoms with Crippen LogP contribution in [0.25, 0.3) is 5.82 Å². The summed E-state index contributed by atoms with van der Waals surface area (Å²) in [6, 6.07) is 36.0. The van der Waals surface area contributed by atoms with Crippen LogP contribution >= 0.6 is 8.53 Å². The summed E-state index contributed by atoms with van der Waals surface area (Å²) in [5.41, 5.74) is -0.838. The summed E-state index contributed by atoms with van der Waals surface area (Å²) in [5.74, 6) is 1.51. The van der Waals surface area contributed by atoms with Gasteiger partial charge in [-0.1, -0.05) is 72.8 Å². The van der Waals surface area contributed by atoms with Crippen LogP contribution in [0.3, 0.4) is 0 Å². The Kier molecular flexibility index (Phi) is 15.7. The van der Waals surface area contributed by atoms with E-state index in [9.17, 15) is 14.9 Å². The minimum Gasteiger partial charge on any atom is -0.497 e. The Morgan fingerprint density at radius 1 is 0.900 bits per heavy atom. The van der Waals surface area contributed by atoms with E-state index in [-0.39, 0.29) is 50.7 Å². The van der Waals surface area contributed by atoms with E-state index in [2.05, 4.69) is 25.8 Å². The first-order valence-corrected chi connectivity index (χ1v) is 24.1. The molecule has 5 atom stereocenters. The van der Waals surface area contributed by atoms with E-state index in [0.29, 0.717) is 22.8 Å². The number of aryl methyl sites for hydroxylation is 1. The van der Waals surface area contributed by atoms with Gasteiger partial charge in [-0.2, -0.15) is 15.3 Å². The fourth-order valence-corrected chi connectivity index (χ4v) is 10.7. The summed E-state index contributed by atoms with van der Waals surface area (Å²) >= 11 is 0. The SMILES string of the molecule is COc1ccc(C(OC[C@@]23CN(C(=O)COc4ccccc4)O[C@@H]([C@H](n4cc(C)c(-n5cncn5)nc4=O)O2)[C@@H]3OP(OCCC#N)N(C(C)C)C(C)C)(c2ccccc2)c2ccc(OC)cc2)cc1. The van der Waals surface area contributed by atoms with Crippen LogP contribution in [-0.2, 0) is 33.8 Å². The van der Waals surface area contributed by atoms with Crippen LogP contribution in [0, 0.1) is 18.3 Å². The number of methoxy groups -OCH3 is 2. The van der Waals surface area contributed by atoms with Gasteiger partial charge in [-0.25, -0.2) is 24.2 Å². The Bertz CT molecular complexity index is 2700. The summed E-state index contributed by atoms with van der Waals surface area (Å²) in [4.78, 5) is 44.1. The first-order valence-electron chi connectivity index (χ1n) is 22.9. The lowest BCUT2D eigenvalue weighted by Crippen LogP contribution is -2.63. The molecule has 6 aromatic rings. The summed E-state index contributed by atoms with van der Waals surface area (Å²) in [7, 11) is 1.24. The molecular weight excluding hydrogens is 916 g/mol. The van der Waals surface area contributed by atoms with Crippen molar-refractivity contribution in [3.8, 4) is 29.1 Å². The number of nitriles is 1.